The van der Waals surface area contributed by atoms with Crippen molar-refractivity contribution in [2.24, 2.45) is 0 Å². The van der Waals surface area contributed by atoms with E-state index in [-0.39, 0.29) is 47.7 Å². The van der Waals surface area contributed by atoms with Crippen LogP contribution in [0.4, 0.5) is 0 Å². The summed E-state index contributed by atoms with van der Waals surface area (Å²) in [5, 5.41) is 0. The molecule has 0 N–H and O–H groups in total. The Morgan fingerprint density at radius 2 is 1.03 bits per heavy atom. The van der Waals surface area contributed by atoms with Crippen LogP contribution in [0.3, 0.4) is 0 Å². The van der Waals surface area contributed by atoms with Crippen LogP contribution >= 0.6 is 0 Å². The Hall–Kier alpha value is -2.91. The molecular formula is C29H43N5O5. The van der Waals surface area contributed by atoms with Crippen molar-refractivity contribution in [2.45, 2.75) is 95.2 Å². The standard InChI is InChI=1S/C29H43N5O5/c35-25-6-1-13-30(25)18-11-22(32-15-3-8-27(32)37)20-24(34-17-5-10-29(34)39)21-23(33-16-4-9-28(33)38)12-19-31-14-2-7-26(31)36/h3,8,22-24H,1-2,4-7,9-21H2/t22-,23-,24-/m1/s1. The van der Waals surface area contributed by atoms with Crippen molar-refractivity contribution in [3.8, 4) is 0 Å². The van der Waals surface area contributed by atoms with Crippen molar-refractivity contribution in [3.05, 3.63) is 12.2 Å². The molecule has 3 atom stereocenters. The minimum Gasteiger partial charge on any atom is -0.343 e. The Morgan fingerprint density at radius 3 is 1.44 bits per heavy atom. The fraction of sp³-hybridized carbons (Fsp3) is 0.759. The number of rotatable bonds is 13. The van der Waals surface area contributed by atoms with E-state index in [1.165, 1.54) is 0 Å². The van der Waals surface area contributed by atoms with Gasteiger partial charge in [-0.1, -0.05) is 6.08 Å². The lowest BCUT2D eigenvalue weighted by atomic mass is 9.93. The maximum absolute atomic E-state index is 13.0. The minimum atomic E-state index is -0.111. The maximum atomic E-state index is 13.0. The quantitative estimate of drug-likeness (QED) is 0.352. The molecule has 0 aromatic heterocycles. The van der Waals surface area contributed by atoms with Crippen LogP contribution < -0.4 is 0 Å². The van der Waals surface area contributed by atoms with Gasteiger partial charge in [-0.15, -0.1) is 0 Å². The molecule has 5 aliphatic heterocycles. The first kappa shape index (κ1) is 27.6. The van der Waals surface area contributed by atoms with Gasteiger partial charge in [0.2, 0.25) is 29.5 Å². The number of carbonyl (C=O) groups excluding carboxylic acids is 5. The molecule has 0 radical (unpaired) electrons. The molecule has 0 saturated carbocycles. The van der Waals surface area contributed by atoms with Crippen LogP contribution in [-0.4, -0.2) is 118 Å². The van der Waals surface area contributed by atoms with Crippen LogP contribution in [0.25, 0.3) is 0 Å². The lowest BCUT2D eigenvalue weighted by Crippen LogP contribution is -2.49. The Kier molecular flexibility index (Phi) is 8.87. The van der Waals surface area contributed by atoms with Gasteiger partial charge in [-0.2, -0.15) is 0 Å². The Bertz CT molecular complexity index is 961. The zero-order valence-corrected chi connectivity index (χ0v) is 23.1. The molecule has 214 valence electrons. The van der Waals surface area contributed by atoms with Gasteiger partial charge in [0, 0.05) is 95.7 Å². The topological polar surface area (TPSA) is 102 Å². The molecule has 0 aromatic rings. The maximum Gasteiger partial charge on any atom is 0.246 e. The third-order valence-corrected chi connectivity index (χ3v) is 9.28. The van der Waals surface area contributed by atoms with E-state index in [1.807, 2.05) is 30.6 Å². The van der Waals surface area contributed by atoms with E-state index in [4.69, 9.17) is 0 Å². The Morgan fingerprint density at radius 1 is 0.564 bits per heavy atom. The van der Waals surface area contributed by atoms with E-state index in [0.717, 1.165) is 38.8 Å². The van der Waals surface area contributed by atoms with Gasteiger partial charge in [-0.25, -0.2) is 0 Å². The molecule has 0 unspecified atom stereocenters. The average Bonchev–Trinajstić information content (AvgIpc) is 3.74. The second-order valence-corrected chi connectivity index (χ2v) is 11.8. The van der Waals surface area contributed by atoms with Crippen LogP contribution in [0.15, 0.2) is 12.2 Å². The first-order valence-corrected chi connectivity index (χ1v) is 15.0. The van der Waals surface area contributed by atoms with Gasteiger partial charge in [0.15, 0.2) is 0 Å². The lowest BCUT2D eigenvalue weighted by molar-refractivity contribution is -0.132. The molecule has 39 heavy (non-hydrogen) atoms. The molecule has 4 fully saturated rings. The predicted molar refractivity (Wildman–Crippen MR) is 144 cm³/mol. The summed E-state index contributed by atoms with van der Waals surface area (Å²) in [4.78, 5) is 72.9. The highest BCUT2D eigenvalue weighted by atomic mass is 16.2. The van der Waals surface area contributed by atoms with E-state index >= 15 is 0 Å². The molecule has 5 rings (SSSR count). The first-order valence-electron chi connectivity index (χ1n) is 15.0. The second kappa shape index (κ2) is 12.5. The number of nitrogens with zero attached hydrogens (tertiary/aromatic N) is 5. The monoisotopic (exact) mass is 541 g/mol. The van der Waals surface area contributed by atoms with Gasteiger partial charge in [-0.3, -0.25) is 24.0 Å². The molecular weight excluding hydrogens is 498 g/mol. The van der Waals surface area contributed by atoms with Gasteiger partial charge < -0.3 is 24.5 Å². The molecule has 0 bridgehead atoms. The van der Waals surface area contributed by atoms with E-state index in [2.05, 4.69) is 0 Å². The highest BCUT2D eigenvalue weighted by Crippen LogP contribution is 2.29. The molecule has 5 heterocycles. The smallest absolute Gasteiger partial charge is 0.246 e. The van der Waals surface area contributed by atoms with Gasteiger partial charge >= 0.3 is 0 Å². The van der Waals surface area contributed by atoms with Crippen molar-refractivity contribution in [2.75, 3.05) is 45.8 Å². The number of hydrogen-bond acceptors (Lipinski definition) is 5. The van der Waals surface area contributed by atoms with Gasteiger partial charge in [0.05, 0.1) is 0 Å². The summed E-state index contributed by atoms with van der Waals surface area (Å²) in [5.41, 5.74) is 0. The van der Waals surface area contributed by atoms with Crippen LogP contribution in [0.5, 0.6) is 0 Å². The van der Waals surface area contributed by atoms with Gasteiger partial charge in [0.25, 0.3) is 0 Å². The van der Waals surface area contributed by atoms with Gasteiger partial charge in [0.1, 0.15) is 0 Å². The van der Waals surface area contributed by atoms with Crippen molar-refractivity contribution in [1.29, 1.82) is 0 Å². The number of likely N-dealkylation sites (tertiary alicyclic amines) is 4. The SMILES string of the molecule is O=C1CCCN1CC[C@H](C[C@H](C[C@@H](CCN1CCCC1=O)N1CCCC1=O)N1CCCC1=O)N1CC=CC1=O. The summed E-state index contributed by atoms with van der Waals surface area (Å²) < 4.78 is 0. The van der Waals surface area contributed by atoms with Crippen LogP contribution in [0.2, 0.25) is 0 Å². The van der Waals surface area contributed by atoms with Crippen molar-refractivity contribution in [1.82, 2.24) is 24.5 Å². The summed E-state index contributed by atoms with van der Waals surface area (Å²) in [6, 6.07) is -0.269. The zero-order chi connectivity index (χ0) is 27.4. The summed E-state index contributed by atoms with van der Waals surface area (Å²) >= 11 is 0. The van der Waals surface area contributed by atoms with Crippen molar-refractivity contribution in [3.63, 3.8) is 0 Å². The van der Waals surface area contributed by atoms with E-state index in [9.17, 15) is 24.0 Å². The third-order valence-electron chi connectivity index (χ3n) is 9.28. The average molecular weight is 542 g/mol. The fourth-order valence-corrected chi connectivity index (χ4v) is 7.16. The number of carbonyl (C=O) groups is 5. The number of hydrogen-bond donors (Lipinski definition) is 0. The van der Waals surface area contributed by atoms with E-state index in [0.29, 0.717) is 84.1 Å². The normalized spacial score (nSPS) is 24.3. The third kappa shape index (κ3) is 6.47. The van der Waals surface area contributed by atoms with E-state index in [1.54, 1.807) is 6.08 Å². The Labute approximate surface area is 231 Å². The molecule has 0 aromatic carbocycles. The molecule has 5 aliphatic rings. The molecule has 0 aliphatic carbocycles. The second-order valence-electron chi connectivity index (χ2n) is 11.8. The summed E-state index contributed by atoms with van der Waals surface area (Å²) in [6.45, 7) is 4.73. The molecule has 4 saturated heterocycles. The molecule has 0 spiro atoms. The van der Waals surface area contributed by atoms with E-state index < -0.39 is 0 Å². The predicted octanol–water partition coefficient (Wildman–Crippen LogP) is 1.54. The summed E-state index contributed by atoms with van der Waals surface area (Å²) in [6.07, 6.45) is 11.8. The van der Waals surface area contributed by atoms with Gasteiger partial charge in [-0.05, 0) is 51.4 Å². The molecule has 10 heteroatoms. The van der Waals surface area contributed by atoms with Crippen molar-refractivity contribution < 1.29 is 24.0 Å². The Balaban J connectivity index is 1.34. The summed E-state index contributed by atoms with van der Waals surface area (Å²) in [7, 11) is 0. The van der Waals surface area contributed by atoms with Crippen LogP contribution in [0, 0.1) is 0 Å². The van der Waals surface area contributed by atoms with Crippen LogP contribution in [-0.2, 0) is 24.0 Å². The zero-order valence-electron chi connectivity index (χ0n) is 23.1. The first-order chi connectivity index (χ1) is 18.9. The molecule has 10 nitrogen and oxygen atoms in total. The number of amides is 5. The highest BCUT2D eigenvalue weighted by molar-refractivity contribution is 5.90. The van der Waals surface area contributed by atoms with Crippen molar-refractivity contribution >= 4 is 29.5 Å². The molecule has 5 amide bonds. The highest BCUT2D eigenvalue weighted by Gasteiger charge is 2.38. The summed E-state index contributed by atoms with van der Waals surface area (Å²) in [5.74, 6) is 0.639. The largest absolute Gasteiger partial charge is 0.343 e. The minimum absolute atomic E-state index is 0.0157. The fourth-order valence-electron chi connectivity index (χ4n) is 7.16. The van der Waals surface area contributed by atoms with Crippen LogP contribution in [0.1, 0.15) is 77.0 Å². The lowest BCUT2D eigenvalue weighted by Gasteiger charge is -2.39.